The molecule has 0 saturated carbocycles. The Labute approximate surface area is 188 Å². The van der Waals surface area contributed by atoms with Gasteiger partial charge in [-0.2, -0.15) is 0 Å². The van der Waals surface area contributed by atoms with Crippen molar-refractivity contribution < 1.29 is 9.32 Å². The third kappa shape index (κ3) is 3.78. The predicted octanol–water partition coefficient (Wildman–Crippen LogP) is 4.75. The molecule has 3 heterocycles. The van der Waals surface area contributed by atoms with Gasteiger partial charge < -0.3 is 14.8 Å². The van der Waals surface area contributed by atoms with Gasteiger partial charge in [0.15, 0.2) is 16.8 Å². The zero-order valence-corrected chi connectivity index (χ0v) is 18.3. The molecule has 32 heavy (non-hydrogen) atoms. The first-order valence-electron chi connectivity index (χ1n) is 10.0. The molecule has 5 rings (SSSR count). The predicted molar refractivity (Wildman–Crippen MR) is 124 cm³/mol. The number of carbonyl (C=O) groups is 1. The van der Waals surface area contributed by atoms with Crippen molar-refractivity contribution in [3.8, 4) is 17.1 Å². The summed E-state index contributed by atoms with van der Waals surface area (Å²) in [6, 6.07) is 17.8. The molecular weight excluding hydrogens is 424 g/mol. The Bertz CT molecular complexity index is 1420. The van der Waals surface area contributed by atoms with Crippen LogP contribution in [0.15, 0.2) is 70.5 Å². The van der Waals surface area contributed by atoms with Gasteiger partial charge >= 0.3 is 0 Å². The maximum Gasteiger partial charge on any atom is 0.236 e. The highest BCUT2D eigenvalue weighted by Crippen LogP contribution is 2.33. The van der Waals surface area contributed by atoms with Gasteiger partial charge in [-0.05, 0) is 31.5 Å². The van der Waals surface area contributed by atoms with E-state index in [1.807, 2.05) is 60.2 Å². The Hall–Kier alpha value is -3.85. The van der Waals surface area contributed by atoms with E-state index in [-0.39, 0.29) is 11.7 Å². The summed E-state index contributed by atoms with van der Waals surface area (Å²) in [5.74, 6) is 1.70. The lowest BCUT2D eigenvalue weighted by Gasteiger charge is -2.12. The first-order chi connectivity index (χ1) is 15.6. The van der Waals surface area contributed by atoms with Crippen LogP contribution in [0, 0.1) is 13.8 Å². The molecule has 5 aromatic rings. The average Bonchev–Trinajstić information content (AvgIpc) is 3.50. The van der Waals surface area contributed by atoms with E-state index in [0.717, 1.165) is 27.7 Å². The third-order valence-corrected chi connectivity index (χ3v) is 5.98. The van der Waals surface area contributed by atoms with E-state index in [2.05, 4.69) is 31.7 Å². The van der Waals surface area contributed by atoms with E-state index in [0.29, 0.717) is 22.6 Å². The van der Waals surface area contributed by atoms with Crippen LogP contribution in [0.3, 0.4) is 0 Å². The highest BCUT2D eigenvalue weighted by atomic mass is 32.2. The number of nitrogens with zero attached hydrogens (tertiary/aromatic N) is 4. The van der Waals surface area contributed by atoms with E-state index in [4.69, 9.17) is 4.52 Å². The van der Waals surface area contributed by atoms with Crippen LogP contribution < -0.4 is 5.32 Å². The van der Waals surface area contributed by atoms with E-state index in [9.17, 15) is 4.79 Å². The summed E-state index contributed by atoms with van der Waals surface area (Å²) in [6.07, 6.45) is 1.94. The maximum absolute atomic E-state index is 12.4. The van der Waals surface area contributed by atoms with Crippen LogP contribution in [0.25, 0.3) is 28.0 Å². The Morgan fingerprint density at radius 3 is 2.75 bits per heavy atom. The highest BCUT2D eigenvalue weighted by Gasteiger charge is 2.20. The number of amides is 1. The second-order valence-electron chi connectivity index (χ2n) is 7.34. The molecule has 0 unspecified atom stereocenters. The minimum atomic E-state index is -0.198. The van der Waals surface area contributed by atoms with Crippen molar-refractivity contribution in [2.45, 2.75) is 19.0 Å². The number of rotatable bonds is 6. The molecule has 0 spiro atoms. The van der Waals surface area contributed by atoms with Gasteiger partial charge in [-0.15, -0.1) is 10.2 Å². The number of H-pyrrole nitrogens is 1. The SMILES string of the molecule is Cc1cc(NC(=O)CSc2nnc(-c3c[nH]c4ccccc34)n2-c2ccccc2C)no1. The lowest BCUT2D eigenvalue weighted by atomic mass is 10.1. The Balaban J connectivity index is 1.50. The average molecular weight is 445 g/mol. The third-order valence-electron chi connectivity index (χ3n) is 5.05. The molecule has 0 fully saturated rings. The van der Waals surface area contributed by atoms with Crippen LogP contribution in [-0.2, 0) is 4.79 Å². The molecular formula is C23H20N6O2S. The van der Waals surface area contributed by atoms with Gasteiger partial charge in [0, 0.05) is 28.7 Å². The van der Waals surface area contributed by atoms with E-state index in [1.54, 1.807) is 13.0 Å². The topological polar surface area (TPSA) is 102 Å². The molecule has 0 aliphatic rings. The minimum Gasteiger partial charge on any atom is -0.360 e. The number of benzene rings is 2. The van der Waals surface area contributed by atoms with E-state index >= 15 is 0 Å². The summed E-state index contributed by atoms with van der Waals surface area (Å²) in [7, 11) is 0. The van der Waals surface area contributed by atoms with Gasteiger partial charge in [0.25, 0.3) is 0 Å². The molecule has 0 radical (unpaired) electrons. The van der Waals surface area contributed by atoms with Gasteiger partial charge in [0.2, 0.25) is 5.91 Å². The summed E-state index contributed by atoms with van der Waals surface area (Å²) in [5, 5.41) is 17.2. The number of fused-ring (bicyclic) bond motifs is 1. The normalized spacial score (nSPS) is 11.2. The van der Waals surface area contributed by atoms with Crippen molar-refractivity contribution in [1.29, 1.82) is 0 Å². The highest BCUT2D eigenvalue weighted by molar-refractivity contribution is 7.99. The number of aromatic nitrogens is 5. The van der Waals surface area contributed by atoms with Crippen molar-refractivity contribution in [1.82, 2.24) is 24.9 Å². The largest absolute Gasteiger partial charge is 0.360 e. The summed E-state index contributed by atoms with van der Waals surface area (Å²) in [6.45, 7) is 3.82. The molecule has 1 amide bonds. The summed E-state index contributed by atoms with van der Waals surface area (Å²) >= 11 is 1.32. The molecule has 0 bridgehead atoms. The Morgan fingerprint density at radius 2 is 1.94 bits per heavy atom. The summed E-state index contributed by atoms with van der Waals surface area (Å²) in [4.78, 5) is 15.7. The molecule has 3 aromatic heterocycles. The van der Waals surface area contributed by atoms with Crippen LogP contribution >= 0.6 is 11.8 Å². The molecule has 0 aliphatic heterocycles. The fraction of sp³-hybridized carbons (Fsp3) is 0.130. The number of hydrogen-bond donors (Lipinski definition) is 2. The fourth-order valence-corrected chi connectivity index (χ4v) is 4.31. The molecule has 0 saturated heterocycles. The van der Waals surface area contributed by atoms with Crippen LogP contribution in [0.4, 0.5) is 5.82 Å². The molecule has 160 valence electrons. The second-order valence-corrected chi connectivity index (χ2v) is 8.28. The van der Waals surface area contributed by atoms with Crippen molar-refractivity contribution in [3.05, 3.63) is 72.1 Å². The number of aromatic amines is 1. The van der Waals surface area contributed by atoms with Crippen LogP contribution in [-0.4, -0.2) is 36.6 Å². The monoisotopic (exact) mass is 444 g/mol. The van der Waals surface area contributed by atoms with Crippen LogP contribution in [0.5, 0.6) is 0 Å². The molecule has 9 heteroatoms. The van der Waals surface area contributed by atoms with E-state index < -0.39 is 0 Å². The lowest BCUT2D eigenvalue weighted by molar-refractivity contribution is -0.113. The number of para-hydroxylation sites is 2. The fourth-order valence-electron chi connectivity index (χ4n) is 3.56. The summed E-state index contributed by atoms with van der Waals surface area (Å²) < 4.78 is 7.00. The Morgan fingerprint density at radius 1 is 1.12 bits per heavy atom. The standard InChI is InChI=1S/C23H20N6O2S/c1-14-7-3-6-10-19(14)29-22(17-12-24-18-9-5-4-8-16(17)18)26-27-23(29)32-13-21(30)25-20-11-15(2)31-28-20/h3-12,24H,13H2,1-2H3,(H,25,28,30). The van der Waals surface area contributed by atoms with Gasteiger partial charge in [-0.1, -0.05) is 53.3 Å². The Kier molecular flexibility index (Phi) is 5.24. The molecule has 2 N–H and O–H groups in total. The van der Waals surface area contributed by atoms with Gasteiger partial charge in [0.05, 0.1) is 11.4 Å². The summed E-state index contributed by atoms with van der Waals surface area (Å²) in [5.41, 5.74) is 4.02. The van der Waals surface area contributed by atoms with Crippen molar-refractivity contribution in [3.63, 3.8) is 0 Å². The van der Waals surface area contributed by atoms with Crippen molar-refractivity contribution in [2.75, 3.05) is 11.1 Å². The minimum absolute atomic E-state index is 0.157. The molecule has 0 aliphatic carbocycles. The first kappa shape index (κ1) is 20.1. The number of nitrogens with one attached hydrogen (secondary N) is 2. The first-order valence-corrected chi connectivity index (χ1v) is 11.0. The van der Waals surface area contributed by atoms with E-state index in [1.165, 1.54) is 11.8 Å². The van der Waals surface area contributed by atoms with Crippen LogP contribution in [0.2, 0.25) is 0 Å². The van der Waals surface area contributed by atoms with Gasteiger partial charge in [-0.25, -0.2) is 0 Å². The van der Waals surface area contributed by atoms with Gasteiger partial charge in [0.1, 0.15) is 5.76 Å². The van der Waals surface area contributed by atoms with Crippen LogP contribution in [0.1, 0.15) is 11.3 Å². The smallest absolute Gasteiger partial charge is 0.236 e. The van der Waals surface area contributed by atoms with Crippen molar-refractivity contribution >= 4 is 34.4 Å². The molecule has 8 nitrogen and oxygen atoms in total. The lowest BCUT2D eigenvalue weighted by Crippen LogP contribution is -2.14. The number of carbonyl (C=O) groups excluding carboxylic acids is 1. The zero-order valence-electron chi connectivity index (χ0n) is 17.5. The molecule has 0 atom stereocenters. The van der Waals surface area contributed by atoms with Gasteiger partial charge in [-0.3, -0.25) is 9.36 Å². The number of anilines is 1. The maximum atomic E-state index is 12.4. The quantitative estimate of drug-likeness (QED) is 0.367. The number of aryl methyl sites for hydroxylation is 2. The van der Waals surface area contributed by atoms with Crippen molar-refractivity contribution in [2.24, 2.45) is 0 Å². The second kappa shape index (κ2) is 8.35. The number of hydrogen-bond acceptors (Lipinski definition) is 6. The number of thioether (sulfide) groups is 1. The zero-order chi connectivity index (χ0) is 22.1. The molecule has 2 aromatic carbocycles.